The minimum atomic E-state index is -1.99. The highest BCUT2D eigenvalue weighted by Gasteiger charge is 2.53. The first-order valence-corrected chi connectivity index (χ1v) is 14.0. The molecule has 3 aromatic rings. The quantitative estimate of drug-likeness (QED) is 0.308. The van der Waals surface area contributed by atoms with Crippen molar-refractivity contribution in [3.8, 4) is 0 Å². The van der Waals surface area contributed by atoms with E-state index in [1.807, 2.05) is 30.3 Å². The number of hydrogen-bond donors (Lipinski definition) is 4. The van der Waals surface area contributed by atoms with E-state index in [1.165, 1.54) is 11.8 Å². The summed E-state index contributed by atoms with van der Waals surface area (Å²) in [4.78, 5) is 42.4. The number of amides is 3. The number of hydrogen-bond acceptors (Lipinski definition) is 6. The Balaban J connectivity index is 1.40. The molecule has 0 saturated heterocycles. The van der Waals surface area contributed by atoms with E-state index in [2.05, 4.69) is 5.32 Å². The molecular formula is C33H35N3O6. The van der Waals surface area contributed by atoms with E-state index in [1.54, 1.807) is 66.4 Å². The lowest BCUT2D eigenvalue weighted by atomic mass is 9.82. The molecule has 0 bridgehead atoms. The van der Waals surface area contributed by atoms with E-state index in [0.717, 1.165) is 11.1 Å². The first-order chi connectivity index (χ1) is 20.1. The highest BCUT2D eigenvalue weighted by atomic mass is 16.3. The lowest BCUT2D eigenvalue weighted by Crippen LogP contribution is -2.46. The largest absolute Gasteiger partial charge is 0.394 e. The Labute approximate surface area is 244 Å². The number of rotatable bonds is 8. The highest BCUT2D eigenvalue weighted by Crippen LogP contribution is 2.49. The fourth-order valence-electron chi connectivity index (χ4n) is 5.70. The van der Waals surface area contributed by atoms with Crippen LogP contribution in [0.15, 0.2) is 84.9 Å². The number of carbonyl (C=O) groups is 3. The van der Waals surface area contributed by atoms with Crippen molar-refractivity contribution in [1.82, 2.24) is 4.90 Å². The van der Waals surface area contributed by atoms with Crippen molar-refractivity contribution in [2.75, 3.05) is 16.8 Å². The highest BCUT2D eigenvalue weighted by molar-refractivity contribution is 6.12. The number of anilines is 3. The van der Waals surface area contributed by atoms with Crippen molar-refractivity contribution >= 4 is 34.8 Å². The van der Waals surface area contributed by atoms with Gasteiger partial charge >= 0.3 is 0 Å². The molecule has 0 fully saturated rings. The standard InChI is InChI=1S/C33H35N3O6/c1-21(9-8-14-30(39)35-19-24-11-7-6-10-23(24)17-27(35)20-37)33(42)28-18-25(34-31(40)22(2)38)15-16-29(28)36(32(33)41)26-12-4-3-5-13-26/h3-13,15-16,18,21-22,27,37-38,42H,14,17,19-20H2,1-2H3,(H,34,40)/b9-8+/t21-,22+,27+,33+/m1/s1. The molecule has 4 atom stereocenters. The predicted octanol–water partition coefficient (Wildman–Crippen LogP) is 3.40. The summed E-state index contributed by atoms with van der Waals surface area (Å²) in [6.45, 7) is 3.31. The molecule has 9 heteroatoms. The van der Waals surface area contributed by atoms with Crippen molar-refractivity contribution in [3.63, 3.8) is 0 Å². The third-order valence-electron chi connectivity index (χ3n) is 8.10. The summed E-state index contributed by atoms with van der Waals surface area (Å²) in [5.41, 5.74) is 1.86. The summed E-state index contributed by atoms with van der Waals surface area (Å²) in [5.74, 6) is -2.08. The van der Waals surface area contributed by atoms with Gasteiger partial charge in [0.2, 0.25) is 5.91 Å². The lowest BCUT2D eigenvalue weighted by Gasteiger charge is -2.36. The normalized spacial score (nSPS) is 21.2. The summed E-state index contributed by atoms with van der Waals surface area (Å²) in [6, 6.07) is 21.3. The topological polar surface area (TPSA) is 130 Å². The maximum absolute atomic E-state index is 13.9. The molecule has 4 N–H and O–H groups in total. The van der Waals surface area contributed by atoms with Gasteiger partial charge in [-0.3, -0.25) is 19.3 Å². The molecule has 0 spiro atoms. The van der Waals surface area contributed by atoms with Gasteiger partial charge in [0.25, 0.3) is 11.8 Å². The average Bonchev–Trinajstić information content (AvgIpc) is 3.23. The molecule has 5 rings (SSSR count). The second-order valence-electron chi connectivity index (χ2n) is 10.9. The predicted molar refractivity (Wildman–Crippen MR) is 159 cm³/mol. The Morgan fingerprint density at radius 1 is 1.05 bits per heavy atom. The molecule has 0 radical (unpaired) electrons. The van der Waals surface area contributed by atoms with Crippen LogP contribution in [0.1, 0.15) is 37.0 Å². The number of aliphatic hydroxyl groups excluding tert-OH is 2. The van der Waals surface area contributed by atoms with Crippen LogP contribution in [0.2, 0.25) is 0 Å². The van der Waals surface area contributed by atoms with E-state index in [9.17, 15) is 29.7 Å². The number of fused-ring (bicyclic) bond motifs is 2. The number of benzene rings is 3. The second-order valence-corrected chi connectivity index (χ2v) is 10.9. The van der Waals surface area contributed by atoms with Crippen molar-refractivity contribution < 1.29 is 29.7 Å². The second kappa shape index (κ2) is 11.9. The van der Waals surface area contributed by atoms with Gasteiger partial charge in [0, 0.05) is 35.8 Å². The van der Waals surface area contributed by atoms with Crippen molar-refractivity contribution in [2.45, 2.75) is 51.0 Å². The molecule has 218 valence electrons. The number of nitrogens with zero attached hydrogens (tertiary/aromatic N) is 2. The van der Waals surface area contributed by atoms with Crippen molar-refractivity contribution in [2.24, 2.45) is 5.92 Å². The van der Waals surface area contributed by atoms with Crippen LogP contribution >= 0.6 is 0 Å². The average molecular weight is 570 g/mol. The van der Waals surface area contributed by atoms with Gasteiger partial charge in [0.05, 0.1) is 18.3 Å². The summed E-state index contributed by atoms with van der Waals surface area (Å²) >= 11 is 0. The molecule has 2 aliphatic rings. The molecule has 3 amide bonds. The van der Waals surface area contributed by atoms with Gasteiger partial charge < -0.3 is 25.5 Å². The van der Waals surface area contributed by atoms with Crippen LogP contribution in [-0.2, 0) is 33.0 Å². The van der Waals surface area contributed by atoms with Crippen LogP contribution in [0.4, 0.5) is 17.1 Å². The zero-order valence-electron chi connectivity index (χ0n) is 23.6. The molecule has 0 unspecified atom stereocenters. The Morgan fingerprint density at radius 3 is 2.43 bits per heavy atom. The molecular weight excluding hydrogens is 534 g/mol. The van der Waals surface area contributed by atoms with Crippen molar-refractivity contribution in [3.05, 3.63) is 102 Å². The van der Waals surface area contributed by atoms with Gasteiger partial charge in [0.15, 0.2) is 5.60 Å². The van der Waals surface area contributed by atoms with Gasteiger partial charge in [-0.05, 0) is 54.8 Å². The van der Waals surface area contributed by atoms with Crippen LogP contribution in [0.25, 0.3) is 0 Å². The summed E-state index contributed by atoms with van der Waals surface area (Å²) < 4.78 is 0. The molecule has 2 aliphatic heterocycles. The third-order valence-corrected chi connectivity index (χ3v) is 8.10. The van der Waals surface area contributed by atoms with Crippen LogP contribution < -0.4 is 10.2 Å². The number of para-hydroxylation sites is 1. The van der Waals surface area contributed by atoms with E-state index in [-0.39, 0.29) is 25.0 Å². The first kappa shape index (κ1) is 29.2. The molecule has 0 aliphatic carbocycles. The molecule has 9 nitrogen and oxygen atoms in total. The van der Waals surface area contributed by atoms with Gasteiger partial charge in [-0.15, -0.1) is 0 Å². The zero-order valence-corrected chi connectivity index (χ0v) is 23.6. The fraction of sp³-hybridized carbons (Fsp3) is 0.303. The van der Waals surface area contributed by atoms with E-state index >= 15 is 0 Å². The minimum Gasteiger partial charge on any atom is -0.394 e. The minimum absolute atomic E-state index is 0.0347. The zero-order chi connectivity index (χ0) is 30.0. The summed E-state index contributed by atoms with van der Waals surface area (Å²) in [5, 5.41) is 34.2. The van der Waals surface area contributed by atoms with Crippen LogP contribution in [-0.4, -0.2) is 56.7 Å². The smallest absolute Gasteiger partial charge is 0.268 e. The number of carbonyl (C=O) groups excluding carboxylic acids is 3. The van der Waals surface area contributed by atoms with Crippen molar-refractivity contribution in [1.29, 1.82) is 0 Å². The number of aliphatic hydroxyl groups is 3. The Kier molecular flexibility index (Phi) is 8.27. The molecule has 42 heavy (non-hydrogen) atoms. The van der Waals surface area contributed by atoms with E-state index in [0.29, 0.717) is 35.6 Å². The third kappa shape index (κ3) is 5.34. The first-order valence-electron chi connectivity index (χ1n) is 14.0. The SMILES string of the molecule is C[C@H](O)C(=O)Nc1ccc2c(c1)[C@@](O)([C@H](C)/C=C/CC(=O)N1Cc3ccccc3C[C@H]1CO)C(=O)N2c1ccccc1. The van der Waals surface area contributed by atoms with Gasteiger partial charge in [-0.1, -0.05) is 61.5 Å². The molecule has 0 aromatic heterocycles. The van der Waals surface area contributed by atoms with E-state index in [4.69, 9.17) is 0 Å². The van der Waals surface area contributed by atoms with Crippen LogP contribution in [0, 0.1) is 5.92 Å². The van der Waals surface area contributed by atoms with Crippen LogP contribution in [0.5, 0.6) is 0 Å². The fourth-order valence-corrected chi connectivity index (χ4v) is 5.70. The Bertz CT molecular complexity index is 1520. The number of nitrogens with one attached hydrogen (secondary N) is 1. The maximum atomic E-state index is 13.9. The maximum Gasteiger partial charge on any atom is 0.268 e. The summed E-state index contributed by atoms with van der Waals surface area (Å²) in [6.07, 6.45) is 2.68. The molecule has 0 saturated carbocycles. The van der Waals surface area contributed by atoms with Gasteiger partial charge in [-0.25, -0.2) is 0 Å². The van der Waals surface area contributed by atoms with Crippen LogP contribution in [0.3, 0.4) is 0 Å². The molecule has 3 aromatic carbocycles. The van der Waals surface area contributed by atoms with Gasteiger partial charge in [0.1, 0.15) is 6.10 Å². The van der Waals surface area contributed by atoms with Gasteiger partial charge in [-0.2, -0.15) is 0 Å². The monoisotopic (exact) mass is 569 g/mol. The Hall–Kier alpha value is -4.31. The summed E-state index contributed by atoms with van der Waals surface area (Å²) in [7, 11) is 0. The lowest BCUT2D eigenvalue weighted by molar-refractivity contribution is -0.138. The Morgan fingerprint density at radius 2 is 1.74 bits per heavy atom. The van der Waals surface area contributed by atoms with E-state index < -0.39 is 29.4 Å². The molecule has 2 heterocycles.